The standard InChI is InChI=1S/C17H27ClN2O/c1-12(2)19-11-15-10-16(18)4-5-17(15)20-8-6-14(7-9-20)13(3)21/h4-5,10,12-14,19,21H,6-9,11H2,1-3H3. The Morgan fingerprint density at radius 3 is 2.52 bits per heavy atom. The van der Waals surface area contributed by atoms with Crippen molar-refractivity contribution in [2.45, 2.75) is 52.3 Å². The van der Waals surface area contributed by atoms with Crippen LogP contribution in [-0.4, -0.2) is 30.3 Å². The van der Waals surface area contributed by atoms with Crippen molar-refractivity contribution in [2.75, 3.05) is 18.0 Å². The number of nitrogens with zero attached hydrogens (tertiary/aromatic N) is 1. The van der Waals surface area contributed by atoms with E-state index in [0.29, 0.717) is 12.0 Å². The first kappa shape index (κ1) is 16.6. The molecule has 2 rings (SSSR count). The molecule has 1 fully saturated rings. The van der Waals surface area contributed by atoms with Gasteiger partial charge in [-0.2, -0.15) is 0 Å². The average molecular weight is 311 g/mol. The molecule has 0 saturated carbocycles. The first-order valence-electron chi connectivity index (χ1n) is 7.92. The number of anilines is 1. The molecule has 2 N–H and O–H groups in total. The van der Waals surface area contributed by atoms with Crippen molar-refractivity contribution < 1.29 is 5.11 Å². The number of nitrogens with one attached hydrogen (secondary N) is 1. The number of rotatable bonds is 5. The zero-order valence-electron chi connectivity index (χ0n) is 13.3. The van der Waals surface area contributed by atoms with Crippen LogP contribution in [0, 0.1) is 5.92 Å². The number of aliphatic hydroxyl groups is 1. The Balaban J connectivity index is 2.08. The molecule has 0 bridgehead atoms. The fraction of sp³-hybridized carbons (Fsp3) is 0.647. The Labute approximate surface area is 133 Å². The first-order valence-corrected chi connectivity index (χ1v) is 8.30. The van der Waals surface area contributed by atoms with Crippen LogP contribution in [0.15, 0.2) is 18.2 Å². The number of piperidine rings is 1. The number of hydrogen-bond donors (Lipinski definition) is 2. The highest BCUT2D eigenvalue weighted by Crippen LogP contribution is 2.29. The normalized spacial score (nSPS) is 18.3. The summed E-state index contributed by atoms with van der Waals surface area (Å²) in [4.78, 5) is 2.42. The highest BCUT2D eigenvalue weighted by Gasteiger charge is 2.23. The van der Waals surface area contributed by atoms with Crippen LogP contribution in [-0.2, 0) is 6.54 Å². The SMILES string of the molecule is CC(C)NCc1cc(Cl)ccc1N1CCC(C(C)O)CC1. The lowest BCUT2D eigenvalue weighted by molar-refractivity contribution is 0.110. The van der Waals surface area contributed by atoms with Gasteiger partial charge in [-0.3, -0.25) is 0 Å². The van der Waals surface area contributed by atoms with Gasteiger partial charge < -0.3 is 15.3 Å². The van der Waals surface area contributed by atoms with Crippen molar-refractivity contribution in [1.29, 1.82) is 0 Å². The maximum atomic E-state index is 9.72. The van der Waals surface area contributed by atoms with Gasteiger partial charge in [0.05, 0.1) is 6.10 Å². The van der Waals surface area contributed by atoms with E-state index >= 15 is 0 Å². The molecule has 118 valence electrons. The van der Waals surface area contributed by atoms with Gasteiger partial charge in [-0.05, 0) is 49.4 Å². The molecular weight excluding hydrogens is 284 g/mol. The summed E-state index contributed by atoms with van der Waals surface area (Å²) in [5, 5.41) is 14.0. The highest BCUT2D eigenvalue weighted by atomic mass is 35.5. The summed E-state index contributed by atoms with van der Waals surface area (Å²) < 4.78 is 0. The van der Waals surface area contributed by atoms with Gasteiger partial charge in [-0.25, -0.2) is 0 Å². The van der Waals surface area contributed by atoms with Crippen LogP contribution in [0.5, 0.6) is 0 Å². The summed E-state index contributed by atoms with van der Waals surface area (Å²) in [5.74, 6) is 0.436. The molecule has 0 aromatic heterocycles. The van der Waals surface area contributed by atoms with Gasteiger partial charge in [0.15, 0.2) is 0 Å². The topological polar surface area (TPSA) is 35.5 Å². The smallest absolute Gasteiger partial charge is 0.0541 e. The molecule has 1 aromatic rings. The van der Waals surface area contributed by atoms with Gasteiger partial charge in [0.1, 0.15) is 0 Å². The van der Waals surface area contributed by atoms with Gasteiger partial charge in [0.2, 0.25) is 0 Å². The molecule has 1 aliphatic heterocycles. The van der Waals surface area contributed by atoms with Crippen molar-refractivity contribution in [3.63, 3.8) is 0 Å². The predicted octanol–water partition coefficient (Wildman–Crippen LogP) is 3.44. The Hall–Kier alpha value is -0.770. The lowest BCUT2D eigenvalue weighted by Crippen LogP contribution is -2.37. The first-order chi connectivity index (χ1) is 9.97. The van der Waals surface area contributed by atoms with Crippen LogP contribution in [0.2, 0.25) is 5.02 Å². The van der Waals surface area contributed by atoms with Crippen LogP contribution in [0.25, 0.3) is 0 Å². The maximum Gasteiger partial charge on any atom is 0.0541 e. The van der Waals surface area contributed by atoms with E-state index in [0.717, 1.165) is 37.5 Å². The third-order valence-electron chi connectivity index (χ3n) is 4.30. The largest absolute Gasteiger partial charge is 0.393 e. The van der Waals surface area contributed by atoms with E-state index in [1.165, 1.54) is 11.3 Å². The molecule has 0 radical (unpaired) electrons. The van der Waals surface area contributed by atoms with Gasteiger partial charge in [0.25, 0.3) is 0 Å². The Bertz CT molecular complexity index is 454. The van der Waals surface area contributed by atoms with Crippen LogP contribution in [0.4, 0.5) is 5.69 Å². The van der Waals surface area contributed by atoms with Gasteiger partial charge in [0, 0.05) is 36.4 Å². The predicted molar refractivity (Wildman–Crippen MR) is 90.0 cm³/mol. The zero-order valence-corrected chi connectivity index (χ0v) is 14.0. The monoisotopic (exact) mass is 310 g/mol. The molecule has 1 atom stereocenters. The molecule has 0 amide bonds. The molecule has 4 heteroatoms. The van der Waals surface area contributed by atoms with Crippen LogP contribution in [0.1, 0.15) is 39.2 Å². The van der Waals surface area contributed by atoms with Crippen molar-refractivity contribution in [3.8, 4) is 0 Å². The third-order valence-corrected chi connectivity index (χ3v) is 4.54. The molecule has 1 aliphatic rings. The fourth-order valence-corrected chi connectivity index (χ4v) is 3.14. The highest BCUT2D eigenvalue weighted by molar-refractivity contribution is 6.30. The molecule has 21 heavy (non-hydrogen) atoms. The van der Waals surface area contributed by atoms with Gasteiger partial charge in [-0.1, -0.05) is 25.4 Å². The summed E-state index contributed by atoms with van der Waals surface area (Å²) in [6, 6.07) is 6.61. The van der Waals surface area contributed by atoms with Crippen LogP contribution >= 0.6 is 11.6 Å². The molecule has 0 aliphatic carbocycles. The van der Waals surface area contributed by atoms with Crippen molar-refractivity contribution in [1.82, 2.24) is 5.32 Å². The minimum Gasteiger partial charge on any atom is -0.393 e. The number of benzene rings is 1. The van der Waals surface area contributed by atoms with E-state index in [1.807, 2.05) is 13.0 Å². The molecule has 1 aromatic carbocycles. The second-order valence-electron chi connectivity index (χ2n) is 6.37. The summed E-state index contributed by atoms with van der Waals surface area (Å²) >= 11 is 6.16. The third kappa shape index (κ3) is 4.60. The van der Waals surface area contributed by atoms with Crippen molar-refractivity contribution >= 4 is 17.3 Å². The van der Waals surface area contributed by atoms with E-state index in [-0.39, 0.29) is 6.10 Å². The summed E-state index contributed by atoms with van der Waals surface area (Å²) in [6.45, 7) is 9.05. The van der Waals surface area contributed by atoms with E-state index in [9.17, 15) is 5.11 Å². The van der Waals surface area contributed by atoms with E-state index < -0.39 is 0 Å². The maximum absolute atomic E-state index is 9.72. The summed E-state index contributed by atoms with van der Waals surface area (Å²) in [7, 11) is 0. The minimum absolute atomic E-state index is 0.195. The number of hydrogen-bond acceptors (Lipinski definition) is 3. The zero-order chi connectivity index (χ0) is 15.4. The van der Waals surface area contributed by atoms with E-state index in [2.05, 4.69) is 36.2 Å². The fourth-order valence-electron chi connectivity index (χ4n) is 2.94. The molecule has 1 unspecified atom stereocenters. The molecule has 0 spiro atoms. The molecule has 3 nitrogen and oxygen atoms in total. The Kier molecular flexibility index (Phi) is 5.91. The second kappa shape index (κ2) is 7.48. The Morgan fingerprint density at radius 1 is 1.29 bits per heavy atom. The van der Waals surface area contributed by atoms with E-state index in [1.54, 1.807) is 0 Å². The minimum atomic E-state index is -0.195. The van der Waals surface area contributed by atoms with Gasteiger partial charge >= 0.3 is 0 Å². The van der Waals surface area contributed by atoms with Crippen LogP contribution in [0.3, 0.4) is 0 Å². The molecular formula is C17H27ClN2O. The van der Waals surface area contributed by atoms with Gasteiger partial charge in [-0.15, -0.1) is 0 Å². The lowest BCUT2D eigenvalue weighted by atomic mass is 9.91. The molecule has 1 saturated heterocycles. The summed E-state index contributed by atoms with van der Waals surface area (Å²) in [5.41, 5.74) is 2.53. The lowest BCUT2D eigenvalue weighted by Gasteiger charge is -2.36. The molecule has 1 heterocycles. The van der Waals surface area contributed by atoms with Crippen LogP contribution < -0.4 is 10.2 Å². The van der Waals surface area contributed by atoms with E-state index in [4.69, 9.17) is 11.6 Å². The Morgan fingerprint density at radius 2 is 1.95 bits per heavy atom. The second-order valence-corrected chi connectivity index (χ2v) is 6.81. The number of halogens is 1. The quantitative estimate of drug-likeness (QED) is 0.874. The van der Waals surface area contributed by atoms with Crippen molar-refractivity contribution in [3.05, 3.63) is 28.8 Å². The average Bonchev–Trinajstić information content (AvgIpc) is 2.45. The van der Waals surface area contributed by atoms with Crippen molar-refractivity contribution in [2.24, 2.45) is 5.92 Å². The summed E-state index contributed by atoms with van der Waals surface area (Å²) in [6.07, 6.45) is 1.91. The number of aliphatic hydroxyl groups excluding tert-OH is 1.